The van der Waals surface area contributed by atoms with Crippen molar-refractivity contribution in [2.24, 2.45) is 5.41 Å². The molecule has 1 fully saturated rings. The van der Waals surface area contributed by atoms with Gasteiger partial charge in [0, 0.05) is 24.3 Å². The first kappa shape index (κ1) is 19.2. The maximum atomic E-state index is 12.2. The molecule has 4 nitrogen and oxygen atoms in total. The number of carbonyl (C=O) groups excluding carboxylic acids is 1. The minimum atomic E-state index is -0.192. The third-order valence-corrected chi connectivity index (χ3v) is 5.44. The Morgan fingerprint density at radius 3 is 2.58 bits per heavy atom. The normalized spacial score (nSPS) is 17.2. The molecule has 0 spiro atoms. The lowest BCUT2D eigenvalue weighted by atomic mass is 9.83. The molecule has 0 N–H and O–H groups in total. The van der Waals surface area contributed by atoms with Crippen LogP contribution in [0.3, 0.4) is 0 Å². The fourth-order valence-corrected chi connectivity index (χ4v) is 4.03. The Morgan fingerprint density at radius 1 is 1.33 bits per heavy atom. The Labute approximate surface area is 154 Å². The SMILES string of the molecule is Cc1nc(C)c(CC(=O)OC(C)C)c(N2CCCC(C)(C)C2)c1Br. The van der Waals surface area contributed by atoms with Gasteiger partial charge in [-0.2, -0.15) is 0 Å². The maximum absolute atomic E-state index is 12.2. The molecule has 1 aromatic heterocycles. The molecule has 0 unspecified atom stereocenters. The molecule has 1 aromatic rings. The van der Waals surface area contributed by atoms with Crippen LogP contribution in [0, 0.1) is 19.3 Å². The van der Waals surface area contributed by atoms with E-state index in [1.807, 2.05) is 27.7 Å². The molecule has 5 heteroatoms. The Hall–Kier alpha value is -1.10. The van der Waals surface area contributed by atoms with Crippen molar-refractivity contribution in [3.8, 4) is 0 Å². The highest BCUT2D eigenvalue weighted by Gasteiger charge is 2.30. The molecule has 0 aliphatic carbocycles. The van der Waals surface area contributed by atoms with Crippen molar-refractivity contribution >= 4 is 27.6 Å². The number of pyridine rings is 1. The highest BCUT2D eigenvalue weighted by molar-refractivity contribution is 9.10. The van der Waals surface area contributed by atoms with Crippen molar-refractivity contribution in [3.05, 3.63) is 21.4 Å². The third kappa shape index (κ3) is 4.50. The lowest BCUT2D eigenvalue weighted by Crippen LogP contribution is -2.41. The number of aromatic nitrogens is 1. The van der Waals surface area contributed by atoms with E-state index < -0.39 is 0 Å². The fourth-order valence-electron chi connectivity index (χ4n) is 3.45. The van der Waals surface area contributed by atoms with E-state index in [4.69, 9.17) is 4.74 Å². The van der Waals surface area contributed by atoms with E-state index in [1.54, 1.807) is 0 Å². The van der Waals surface area contributed by atoms with Crippen molar-refractivity contribution in [2.45, 2.75) is 66.9 Å². The number of carbonyl (C=O) groups is 1. The standard InChI is InChI=1S/C19H29BrN2O2/c1-12(2)24-16(23)10-15-13(3)21-14(4)17(20)18(15)22-9-7-8-19(5,6)11-22/h12H,7-11H2,1-6H3. The van der Waals surface area contributed by atoms with Gasteiger partial charge in [-0.15, -0.1) is 0 Å². The van der Waals surface area contributed by atoms with E-state index in [-0.39, 0.29) is 23.9 Å². The topological polar surface area (TPSA) is 42.4 Å². The molecule has 134 valence electrons. The molecule has 0 saturated carbocycles. The number of hydrogen-bond donors (Lipinski definition) is 0. The number of nitrogens with zero attached hydrogens (tertiary/aromatic N) is 2. The Kier molecular flexibility index (Phi) is 5.95. The highest BCUT2D eigenvalue weighted by atomic mass is 79.9. The van der Waals surface area contributed by atoms with Gasteiger partial charge >= 0.3 is 5.97 Å². The summed E-state index contributed by atoms with van der Waals surface area (Å²) in [5.41, 5.74) is 4.25. The number of piperidine rings is 1. The van der Waals surface area contributed by atoms with Crippen LogP contribution in [0.15, 0.2) is 4.47 Å². The summed E-state index contributed by atoms with van der Waals surface area (Å²) in [7, 11) is 0. The molecular weight excluding hydrogens is 368 g/mol. The second kappa shape index (κ2) is 7.42. The van der Waals surface area contributed by atoms with Crippen LogP contribution in [0.4, 0.5) is 5.69 Å². The predicted molar refractivity (Wildman–Crippen MR) is 102 cm³/mol. The molecule has 0 amide bonds. The lowest BCUT2D eigenvalue weighted by Gasteiger charge is -2.41. The second-order valence-corrected chi connectivity index (χ2v) is 8.62. The van der Waals surface area contributed by atoms with Crippen LogP contribution in [0.5, 0.6) is 0 Å². The zero-order valence-electron chi connectivity index (χ0n) is 15.7. The molecular formula is C19H29BrN2O2. The summed E-state index contributed by atoms with van der Waals surface area (Å²) in [5.74, 6) is -0.192. The molecule has 1 saturated heterocycles. The van der Waals surface area contributed by atoms with E-state index in [2.05, 4.69) is 39.7 Å². The van der Waals surface area contributed by atoms with Crippen LogP contribution in [0.1, 0.15) is 57.5 Å². The number of hydrogen-bond acceptors (Lipinski definition) is 4. The highest BCUT2D eigenvalue weighted by Crippen LogP contribution is 2.39. The summed E-state index contributed by atoms with van der Waals surface area (Å²) < 4.78 is 6.36. The zero-order chi connectivity index (χ0) is 18.1. The molecule has 1 aliphatic rings. The number of ether oxygens (including phenoxy) is 1. The number of anilines is 1. The van der Waals surface area contributed by atoms with Crippen molar-refractivity contribution in [3.63, 3.8) is 0 Å². The summed E-state index contributed by atoms with van der Waals surface area (Å²) in [5, 5.41) is 0. The average molecular weight is 397 g/mol. The Bertz CT molecular complexity index is 626. The van der Waals surface area contributed by atoms with E-state index in [1.165, 1.54) is 6.42 Å². The Morgan fingerprint density at radius 2 is 2.00 bits per heavy atom. The van der Waals surface area contributed by atoms with Crippen LogP contribution in [-0.2, 0) is 16.0 Å². The second-order valence-electron chi connectivity index (χ2n) is 7.83. The third-order valence-electron chi connectivity index (χ3n) is 4.49. The van der Waals surface area contributed by atoms with Gasteiger partial charge in [0.25, 0.3) is 0 Å². The van der Waals surface area contributed by atoms with Gasteiger partial charge < -0.3 is 9.64 Å². The van der Waals surface area contributed by atoms with E-state index >= 15 is 0 Å². The smallest absolute Gasteiger partial charge is 0.310 e. The van der Waals surface area contributed by atoms with E-state index in [0.717, 1.165) is 46.6 Å². The van der Waals surface area contributed by atoms with E-state index in [9.17, 15) is 4.79 Å². The molecule has 2 heterocycles. The largest absolute Gasteiger partial charge is 0.463 e. The number of halogens is 1. The summed E-state index contributed by atoms with van der Waals surface area (Å²) in [6.07, 6.45) is 2.56. The minimum Gasteiger partial charge on any atom is -0.463 e. The molecule has 24 heavy (non-hydrogen) atoms. The van der Waals surface area contributed by atoms with Gasteiger partial charge in [0.2, 0.25) is 0 Å². The van der Waals surface area contributed by atoms with Gasteiger partial charge in [0.05, 0.1) is 28.4 Å². The minimum absolute atomic E-state index is 0.1000. The summed E-state index contributed by atoms with van der Waals surface area (Å²) in [4.78, 5) is 19.3. The molecule has 0 bridgehead atoms. The van der Waals surface area contributed by atoms with Crippen LogP contribution in [0.25, 0.3) is 0 Å². The molecule has 0 radical (unpaired) electrons. The van der Waals surface area contributed by atoms with Gasteiger partial charge in [-0.25, -0.2) is 0 Å². The molecule has 0 atom stereocenters. The van der Waals surface area contributed by atoms with Gasteiger partial charge in [-0.05, 0) is 61.9 Å². The zero-order valence-corrected chi connectivity index (χ0v) is 17.3. The molecule has 2 rings (SSSR count). The van der Waals surface area contributed by atoms with Crippen LogP contribution >= 0.6 is 15.9 Å². The number of aryl methyl sites for hydroxylation is 2. The number of rotatable bonds is 4. The first-order valence-corrected chi connectivity index (χ1v) is 9.50. The van der Waals surface area contributed by atoms with E-state index in [0.29, 0.717) is 0 Å². The Balaban J connectivity index is 2.42. The van der Waals surface area contributed by atoms with Crippen molar-refractivity contribution in [1.29, 1.82) is 0 Å². The van der Waals surface area contributed by atoms with Crippen LogP contribution in [0.2, 0.25) is 0 Å². The van der Waals surface area contributed by atoms with Gasteiger partial charge in [-0.3, -0.25) is 9.78 Å². The van der Waals surface area contributed by atoms with Crippen LogP contribution < -0.4 is 4.90 Å². The fraction of sp³-hybridized carbons (Fsp3) is 0.684. The van der Waals surface area contributed by atoms with Gasteiger partial charge in [0.15, 0.2) is 0 Å². The first-order chi connectivity index (χ1) is 11.1. The predicted octanol–water partition coefficient (Wildman–Crippen LogP) is 4.58. The van der Waals surface area contributed by atoms with Crippen LogP contribution in [-0.4, -0.2) is 30.1 Å². The van der Waals surface area contributed by atoms with Crippen molar-refractivity contribution in [1.82, 2.24) is 4.98 Å². The van der Waals surface area contributed by atoms with Gasteiger partial charge in [-0.1, -0.05) is 13.8 Å². The monoisotopic (exact) mass is 396 g/mol. The molecule has 0 aromatic carbocycles. The van der Waals surface area contributed by atoms with Crippen molar-refractivity contribution in [2.75, 3.05) is 18.0 Å². The molecule has 1 aliphatic heterocycles. The average Bonchev–Trinajstić information content (AvgIpc) is 2.43. The van der Waals surface area contributed by atoms with Crippen molar-refractivity contribution < 1.29 is 9.53 Å². The quantitative estimate of drug-likeness (QED) is 0.698. The number of esters is 1. The lowest BCUT2D eigenvalue weighted by molar-refractivity contribution is -0.146. The maximum Gasteiger partial charge on any atom is 0.310 e. The first-order valence-electron chi connectivity index (χ1n) is 8.71. The summed E-state index contributed by atoms with van der Waals surface area (Å²) in [6, 6.07) is 0. The van der Waals surface area contributed by atoms with Gasteiger partial charge in [0.1, 0.15) is 0 Å². The summed E-state index contributed by atoms with van der Waals surface area (Å²) >= 11 is 3.72. The summed E-state index contributed by atoms with van der Waals surface area (Å²) in [6.45, 7) is 14.4.